The quantitative estimate of drug-likeness (QED) is 0.742. The summed E-state index contributed by atoms with van der Waals surface area (Å²) in [6.07, 6.45) is -2.73. The maximum absolute atomic E-state index is 15.4. The maximum atomic E-state index is 15.4. The molecule has 3 atom stereocenters. The fourth-order valence-corrected chi connectivity index (χ4v) is 4.25. The summed E-state index contributed by atoms with van der Waals surface area (Å²) >= 11 is 0. The highest BCUT2D eigenvalue weighted by molar-refractivity contribution is 6.74. The number of halogens is 1. The van der Waals surface area contributed by atoms with E-state index in [1.54, 1.807) is 0 Å². The summed E-state index contributed by atoms with van der Waals surface area (Å²) < 4.78 is 27.9. The summed E-state index contributed by atoms with van der Waals surface area (Å²) in [4.78, 5) is 36.6. The molecule has 1 aliphatic rings. The van der Waals surface area contributed by atoms with Gasteiger partial charge in [-0.15, -0.1) is 0 Å². The van der Waals surface area contributed by atoms with Gasteiger partial charge in [0.15, 0.2) is 20.7 Å². The molecule has 146 valence electrons. The van der Waals surface area contributed by atoms with Crippen LogP contribution in [0.25, 0.3) is 0 Å². The molecule has 0 aliphatic carbocycles. The van der Waals surface area contributed by atoms with Crippen molar-refractivity contribution in [3.8, 4) is 0 Å². The predicted molar refractivity (Wildman–Crippen MR) is 94.5 cm³/mol. The van der Waals surface area contributed by atoms with Crippen molar-refractivity contribution in [2.24, 2.45) is 0 Å². The molecule has 1 fully saturated rings. The molecule has 0 amide bonds. The Kier molecular flexibility index (Phi) is 5.33. The molecule has 0 bridgehead atoms. The summed E-state index contributed by atoms with van der Waals surface area (Å²) in [6, 6.07) is 1.07. The normalized spacial score (nSPS) is 26.8. The van der Waals surface area contributed by atoms with Gasteiger partial charge in [-0.25, -0.2) is 9.18 Å². The molecule has 26 heavy (non-hydrogen) atoms. The van der Waals surface area contributed by atoms with Crippen LogP contribution < -0.4 is 11.2 Å². The third-order valence-corrected chi connectivity index (χ3v) is 9.62. The van der Waals surface area contributed by atoms with Crippen LogP contribution in [-0.4, -0.2) is 47.3 Å². The van der Waals surface area contributed by atoms with Gasteiger partial charge < -0.3 is 14.3 Å². The number of aromatic amines is 1. The van der Waals surface area contributed by atoms with E-state index < -0.39 is 50.0 Å². The number of nitrogens with zero attached hydrogens (tertiary/aromatic N) is 1. The van der Waals surface area contributed by atoms with Crippen LogP contribution in [0.2, 0.25) is 18.1 Å². The van der Waals surface area contributed by atoms with Gasteiger partial charge in [-0.1, -0.05) is 20.8 Å². The average molecular weight is 388 g/mol. The van der Waals surface area contributed by atoms with Crippen LogP contribution in [0.4, 0.5) is 4.39 Å². The molecule has 8 nitrogen and oxygen atoms in total. The van der Waals surface area contributed by atoms with E-state index in [4.69, 9.17) is 9.16 Å². The SMILES string of the molecule is CC(C)(C)[Si](C)(C)OC1(CC(=O)O)CO[C@@H](n2ccc(=O)[nH]c2=O)C1F. The third-order valence-electron chi connectivity index (χ3n) is 5.09. The molecular weight excluding hydrogens is 363 g/mol. The first-order valence-electron chi connectivity index (χ1n) is 8.28. The van der Waals surface area contributed by atoms with Crippen LogP contribution in [-0.2, 0) is 14.0 Å². The zero-order chi connectivity index (χ0) is 19.9. The Morgan fingerprint density at radius 1 is 1.50 bits per heavy atom. The van der Waals surface area contributed by atoms with Gasteiger partial charge >= 0.3 is 11.7 Å². The minimum atomic E-state index is -2.53. The van der Waals surface area contributed by atoms with Gasteiger partial charge in [-0.3, -0.25) is 19.1 Å². The number of hydrogen-bond acceptors (Lipinski definition) is 5. The van der Waals surface area contributed by atoms with Gasteiger partial charge in [0.05, 0.1) is 13.0 Å². The van der Waals surface area contributed by atoms with Gasteiger partial charge in [0.2, 0.25) is 0 Å². The van der Waals surface area contributed by atoms with E-state index in [1.807, 2.05) is 38.8 Å². The number of carbonyl (C=O) groups is 1. The lowest BCUT2D eigenvalue weighted by molar-refractivity contribution is -0.143. The minimum absolute atomic E-state index is 0.273. The monoisotopic (exact) mass is 388 g/mol. The lowest BCUT2D eigenvalue weighted by atomic mass is 9.96. The molecule has 10 heteroatoms. The molecule has 2 rings (SSSR count). The van der Waals surface area contributed by atoms with E-state index in [0.29, 0.717) is 0 Å². The Labute approximate surface area is 151 Å². The number of carboxylic acid groups (broad SMARTS) is 1. The highest BCUT2D eigenvalue weighted by atomic mass is 28.4. The zero-order valence-corrected chi connectivity index (χ0v) is 16.5. The Morgan fingerprint density at radius 2 is 2.12 bits per heavy atom. The lowest BCUT2D eigenvalue weighted by Gasteiger charge is -2.43. The van der Waals surface area contributed by atoms with Crippen LogP contribution in [0, 0.1) is 0 Å². The number of aliphatic carboxylic acids is 1. The van der Waals surface area contributed by atoms with E-state index in [-0.39, 0.29) is 11.6 Å². The Balaban J connectivity index is 2.43. The topological polar surface area (TPSA) is 111 Å². The van der Waals surface area contributed by atoms with E-state index >= 15 is 4.39 Å². The molecule has 0 spiro atoms. The van der Waals surface area contributed by atoms with Crippen LogP contribution in [0.15, 0.2) is 21.9 Å². The van der Waals surface area contributed by atoms with Crippen molar-refractivity contribution in [3.63, 3.8) is 0 Å². The first-order chi connectivity index (χ1) is 11.8. The second-order valence-electron chi connectivity index (χ2n) is 8.12. The van der Waals surface area contributed by atoms with Crippen molar-refractivity contribution < 1.29 is 23.5 Å². The molecule has 0 aromatic carbocycles. The van der Waals surface area contributed by atoms with Crippen LogP contribution in [0.3, 0.4) is 0 Å². The average Bonchev–Trinajstić information content (AvgIpc) is 2.74. The largest absolute Gasteiger partial charge is 0.481 e. The van der Waals surface area contributed by atoms with Crippen molar-refractivity contribution in [2.75, 3.05) is 6.61 Å². The molecule has 1 saturated heterocycles. The van der Waals surface area contributed by atoms with Crippen molar-refractivity contribution in [1.82, 2.24) is 9.55 Å². The minimum Gasteiger partial charge on any atom is -0.481 e. The van der Waals surface area contributed by atoms with Crippen molar-refractivity contribution >= 4 is 14.3 Å². The molecule has 2 unspecified atom stereocenters. The second kappa shape index (κ2) is 6.75. The van der Waals surface area contributed by atoms with E-state index in [9.17, 15) is 19.5 Å². The Bertz CT molecular complexity index is 799. The highest BCUT2D eigenvalue weighted by Gasteiger charge is 2.57. The maximum Gasteiger partial charge on any atom is 0.330 e. The van der Waals surface area contributed by atoms with E-state index in [2.05, 4.69) is 0 Å². The molecule has 1 aromatic rings. The van der Waals surface area contributed by atoms with Gasteiger partial charge in [-0.2, -0.15) is 0 Å². The van der Waals surface area contributed by atoms with Crippen LogP contribution >= 0.6 is 0 Å². The number of rotatable bonds is 5. The number of H-pyrrole nitrogens is 1. The van der Waals surface area contributed by atoms with Crippen molar-refractivity contribution in [2.45, 2.75) is 63.3 Å². The van der Waals surface area contributed by atoms with Crippen molar-refractivity contribution in [1.29, 1.82) is 0 Å². The Morgan fingerprint density at radius 3 is 2.62 bits per heavy atom. The number of carboxylic acids is 1. The fraction of sp³-hybridized carbons (Fsp3) is 0.688. The number of ether oxygens (including phenoxy) is 1. The number of aromatic nitrogens is 2. The summed E-state index contributed by atoms with van der Waals surface area (Å²) in [7, 11) is -2.53. The summed E-state index contributed by atoms with van der Waals surface area (Å²) in [5, 5.41) is 9.03. The molecule has 0 radical (unpaired) electrons. The first kappa shape index (κ1) is 20.5. The predicted octanol–water partition coefficient (Wildman–Crippen LogP) is 1.64. The molecule has 0 saturated carbocycles. The fourth-order valence-electron chi connectivity index (χ4n) is 2.69. The second-order valence-corrected chi connectivity index (χ2v) is 12.8. The van der Waals surface area contributed by atoms with E-state index in [1.165, 1.54) is 0 Å². The first-order valence-corrected chi connectivity index (χ1v) is 11.2. The van der Waals surface area contributed by atoms with Gasteiger partial charge in [-0.05, 0) is 18.1 Å². The van der Waals surface area contributed by atoms with Gasteiger partial charge in [0.25, 0.3) is 5.56 Å². The van der Waals surface area contributed by atoms with Gasteiger partial charge in [0, 0.05) is 12.3 Å². The molecule has 2 N–H and O–H groups in total. The van der Waals surface area contributed by atoms with Crippen LogP contribution in [0.1, 0.15) is 33.4 Å². The number of nitrogens with one attached hydrogen (secondary N) is 1. The molecular formula is C16H25FN2O6Si. The summed E-state index contributed by atoms with van der Waals surface area (Å²) in [5.41, 5.74) is -3.15. The third kappa shape index (κ3) is 3.81. The van der Waals surface area contributed by atoms with Crippen LogP contribution in [0.5, 0.6) is 0 Å². The zero-order valence-electron chi connectivity index (χ0n) is 15.5. The number of alkyl halides is 1. The molecule has 1 aromatic heterocycles. The Hall–Kier alpha value is -1.78. The highest BCUT2D eigenvalue weighted by Crippen LogP contribution is 2.46. The van der Waals surface area contributed by atoms with Gasteiger partial charge in [0.1, 0.15) is 5.60 Å². The summed E-state index contributed by atoms with van der Waals surface area (Å²) in [6.45, 7) is 9.36. The smallest absolute Gasteiger partial charge is 0.330 e. The van der Waals surface area contributed by atoms with E-state index in [0.717, 1.165) is 16.8 Å². The summed E-state index contributed by atoms with van der Waals surface area (Å²) in [5.74, 6) is -1.22. The molecule has 2 heterocycles. The lowest BCUT2D eigenvalue weighted by Crippen LogP contribution is -2.55. The number of hydrogen-bond donors (Lipinski definition) is 2. The standard InChI is InChI=1S/C16H25FN2O6Si/c1-15(2,3)26(4,5)25-16(8-11(21)22)9-24-13(12(16)17)19-7-6-10(20)18-14(19)23/h6-7,12-13H,8-9H2,1-5H3,(H,21,22)(H,18,20,23)/t12?,13-,16?/m1/s1. The molecule has 1 aliphatic heterocycles. The van der Waals surface area contributed by atoms with Crippen molar-refractivity contribution in [3.05, 3.63) is 33.1 Å².